The van der Waals surface area contributed by atoms with Crippen molar-refractivity contribution in [2.24, 2.45) is 11.3 Å². The van der Waals surface area contributed by atoms with Crippen molar-refractivity contribution in [3.63, 3.8) is 0 Å². The van der Waals surface area contributed by atoms with E-state index in [1.165, 1.54) is 18.4 Å². The van der Waals surface area contributed by atoms with Gasteiger partial charge in [-0.3, -0.25) is 0 Å². The minimum Gasteiger partial charge on any atom is -0.314 e. The van der Waals surface area contributed by atoms with E-state index < -0.39 is 0 Å². The molecule has 0 aromatic heterocycles. The fraction of sp³-hybridized carbons (Fsp3) is 0.625. The monoisotopic (exact) mass is 263 g/mol. The zero-order valence-corrected chi connectivity index (χ0v) is 12.2. The molecule has 1 aromatic carbocycles. The van der Waals surface area contributed by atoms with Crippen LogP contribution in [-0.2, 0) is 5.41 Å². The Bertz CT molecular complexity index is 464. The van der Waals surface area contributed by atoms with E-state index in [4.69, 9.17) is 11.6 Å². The maximum atomic E-state index is 6.14. The van der Waals surface area contributed by atoms with Crippen LogP contribution in [-0.4, -0.2) is 12.6 Å². The van der Waals surface area contributed by atoms with Gasteiger partial charge in [0.05, 0.1) is 0 Å². The Kier molecular flexibility index (Phi) is 2.76. The minimum absolute atomic E-state index is 0.264. The molecule has 0 radical (unpaired) electrons. The molecule has 0 bridgehead atoms. The summed E-state index contributed by atoms with van der Waals surface area (Å²) in [7, 11) is 0. The molecule has 1 aromatic rings. The van der Waals surface area contributed by atoms with E-state index in [1.807, 2.05) is 6.07 Å². The highest BCUT2D eigenvalue weighted by Crippen LogP contribution is 2.69. The van der Waals surface area contributed by atoms with Gasteiger partial charge in [0.2, 0.25) is 0 Å². The zero-order valence-electron chi connectivity index (χ0n) is 11.5. The first kappa shape index (κ1) is 12.5. The number of halogens is 1. The van der Waals surface area contributed by atoms with Crippen LogP contribution in [0.2, 0.25) is 5.02 Å². The standard InChI is InChI=1S/C16H22ClN/c1-15(2)14(10-18-13-7-8-13)16(15,3)11-5-4-6-12(17)9-11/h4-6,9,13-14,18H,7-8,10H2,1-3H3. The highest BCUT2D eigenvalue weighted by molar-refractivity contribution is 6.30. The normalized spacial score (nSPS) is 33.4. The largest absolute Gasteiger partial charge is 0.314 e. The lowest BCUT2D eigenvalue weighted by Gasteiger charge is -2.15. The summed E-state index contributed by atoms with van der Waals surface area (Å²) in [6.45, 7) is 8.29. The first-order chi connectivity index (χ1) is 8.46. The smallest absolute Gasteiger partial charge is 0.0408 e. The van der Waals surface area contributed by atoms with E-state index in [0.29, 0.717) is 11.3 Å². The molecule has 98 valence electrons. The van der Waals surface area contributed by atoms with E-state index in [-0.39, 0.29) is 5.41 Å². The molecule has 2 aliphatic carbocycles. The summed E-state index contributed by atoms with van der Waals surface area (Å²) in [6.07, 6.45) is 2.72. The molecule has 0 heterocycles. The van der Waals surface area contributed by atoms with Gasteiger partial charge in [-0.2, -0.15) is 0 Å². The molecule has 1 N–H and O–H groups in total. The number of nitrogens with one attached hydrogen (secondary N) is 1. The SMILES string of the molecule is CC1(C)C(CNC2CC2)C1(C)c1cccc(Cl)c1. The second kappa shape index (κ2) is 3.98. The summed E-state index contributed by atoms with van der Waals surface area (Å²) < 4.78 is 0. The van der Waals surface area contributed by atoms with Crippen LogP contribution in [0.3, 0.4) is 0 Å². The highest BCUT2D eigenvalue weighted by Gasteiger charge is 2.68. The molecule has 2 saturated carbocycles. The Labute approximate surface area is 115 Å². The van der Waals surface area contributed by atoms with Gasteiger partial charge in [-0.05, 0) is 48.4 Å². The van der Waals surface area contributed by atoms with Crippen LogP contribution in [0.5, 0.6) is 0 Å². The number of benzene rings is 1. The van der Waals surface area contributed by atoms with Crippen LogP contribution in [0.4, 0.5) is 0 Å². The highest BCUT2D eigenvalue weighted by atomic mass is 35.5. The summed E-state index contributed by atoms with van der Waals surface area (Å²) in [5.41, 5.74) is 2.02. The van der Waals surface area contributed by atoms with Crippen LogP contribution in [0.25, 0.3) is 0 Å². The van der Waals surface area contributed by atoms with E-state index in [1.54, 1.807) is 0 Å². The molecule has 3 rings (SSSR count). The second-order valence-electron chi connectivity index (χ2n) is 6.67. The molecule has 0 spiro atoms. The van der Waals surface area contributed by atoms with E-state index in [2.05, 4.69) is 44.3 Å². The summed E-state index contributed by atoms with van der Waals surface area (Å²) >= 11 is 6.14. The lowest BCUT2D eigenvalue weighted by atomic mass is 9.90. The molecular weight excluding hydrogens is 242 g/mol. The van der Waals surface area contributed by atoms with Gasteiger partial charge in [-0.25, -0.2) is 0 Å². The summed E-state index contributed by atoms with van der Waals surface area (Å²) in [4.78, 5) is 0. The predicted molar refractivity (Wildman–Crippen MR) is 77.1 cm³/mol. The number of hydrogen-bond donors (Lipinski definition) is 1. The van der Waals surface area contributed by atoms with Gasteiger partial charge in [-0.1, -0.05) is 44.5 Å². The van der Waals surface area contributed by atoms with Crippen molar-refractivity contribution >= 4 is 11.6 Å². The Balaban J connectivity index is 1.80. The Morgan fingerprint density at radius 3 is 2.61 bits per heavy atom. The Hall–Kier alpha value is -0.530. The number of rotatable bonds is 4. The molecule has 2 unspecified atom stereocenters. The third kappa shape index (κ3) is 1.80. The lowest BCUT2D eigenvalue weighted by Crippen LogP contribution is -2.22. The predicted octanol–water partition coefficient (Wildman–Crippen LogP) is 4.01. The summed E-state index contributed by atoms with van der Waals surface area (Å²) in [5.74, 6) is 0.712. The van der Waals surface area contributed by atoms with Gasteiger partial charge in [0.1, 0.15) is 0 Å². The van der Waals surface area contributed by atoms with Crippen molar-refractivity contribution in [1.82, 2.24) is 5.32 Å². The van der Waals surface area contributed by atoms with Crippen molar-refractivity contribution in [3.8, 4) is 0 Å². The van der Waals surface area contributed by atoms with Gasteiger partial charge in [0.15, 0.2) is 0 Å². The van der Waals surface area contributed by atoms with Gasteiger partial charge >= 0.3 is 0 Å². The van der Waals surface area contributed by atoms with Gasteiger partial charge in [0, 0.05) is 16.5 Å². The molecule has 2 atom stereocenters. The average molecular weight is 264 g/mol. The van der Waals surface area contributed by atoms with Crippen LogP contribution in [0.15, 0.2) is 24.3 Å². The Morgan fingerprint density at radius 1 is 1.28 bits per heavy atom. The minimum atomic E-state index is 0.264. The molecule has 1 nitrogen and oxygen atoms in total. The van der Waals surface area contributed by atoms with Crippen molar-refractivity contribution in [2.75, 3.05) is 6.54 Å². The second-order valence-corrected chi connectivity index (χ2v) is 7.11. The molecule has 0 saturated heterocycles. The quantitative estimate of drug-likeness (QED) is 0.866. The number of hydrogen-bond acceptors (Lipinski definition) is 1. The van der Waals surface area contributed by atoms with Crippen LogP contribution < -0.4 is 5.32 Å². The van der Waals surface area contributed by atoms with Gasteiger partial charge < -0.3 is 5.32 Å². The third-order valence-electron chi connectivity index (χ3n) is 5.44. The summed E-state index contributed by atoms with van der Waals surface area (Å²) in [5, 5.41) is 4.53. The fourth-order valence-corrected chi connectivity index (χ4v) is 3.71. The van der Waals surface area contributed by atoms with Crippen molar-refractivity contribution < 1.29 is 0 Å². The molecule has 2 heteroatoms. The van der Waals surface area contributed by atoms with Gasteiger partial charge in [0.25, 0.3) is 0 Å². The van der Waals surface area contributed by atoms with Crippen LogP contribution >= 0.6 is 11.6 Å². The molecule has 0 aliphatic heterocycles. The van der Waals surface area contributed by atoms with Gasteiger partial charge in [-0.15, -0.1) is 0 Å². The zero-order chi connectivity index (χ0) is 13.0. The average Bonchev–Trinajstić information content (AvgIpc) is 3.18. The Morgan fingerprint density at radius 2 is 2.00 bits per heavy atom. The third-order valence-corrected chi connectivity index (χ3v) is 5.67. The van der Waals surface area contributed by atoms with Crippen LogP contribution in [0.1, 0.15) is 39.2 Å². The lowest BCUT2D eigenvalue weighted by molar-refractivity contribution is 0.506. The van der Waals surface area contributed by atoms with Crippen molar-refractivity contribution in [3.05, 3.63) is 34.9 Å². The molecule has 18 heavy (non-hydrogen) atoms. The maximum absolute atomic E-state index is 6.14. The molecular formula is C16H22ClN. The van der Waals surface area contributed by atoms with E-state index in [0.717, 1.165) is 17.6 Å². The molecule has 2 aliphatic rings. The van der Waals surface area contributed by atoms with Crippen LogP contribution in [0, 0.1) is 11.3 Å². The molecule has 0 amide bonds. The first-order valence-electron chi connectivity index (χ1n) is 6.95. The molecule has 2 fully saturated rings. The van der Waals surface area contributed by atoms with E-state index >= 15 is 0 Å². The fourth-order valence-electron chi connectivity index (χ4n) is 3.52. The van der Waals surface area contributed by atoms with Crippen molar-refractivity contribution in [1.29, 1.82) is 0 Å². The maximum Gasteiger partial charge on any atom is 0.0408 e. The first-order valence-corrected chi connectivity index (χ1v) is 7.33. The topological polar surface area (TPSA) is 12.0 Å². The summed E-state index contributed by atoms with van der Waals surface area (Å²) in [6, 6.07) is 9.19. The van der Waals surface area contributed by atoms with E-state index in [9.17, 15) is 0 Å². The van der Waals surface area contributed by atoms with Crippen molar-refractivity contribution in [2.45, 2.75) is 45.1 Å².